The van der Waals surface area contributed by atoms with Crippen molar-refractivity contribution in [1.29, 1.82) is 0 Å². The highest BCUT2D eigenvalue weighted by atomic mass is 16.5. The van der Waals surface area contributed by atoms with E-state index in [9.17, 15) is 0 Å². The van der Waals surface area contributed by atoms with Crippen LogP contribution in [0.5, 0.6) is 11.6 Å². The monoisotopic (exact) mass is 836 g/mol. The van der Waals surface area contributed by atoms with Crippen molar-refractivity contribution in [3.05, 3.63) is 187 Å². The van der Waals surface area contributed by atoms with Crippen LogP contribution in [0, 0.1) is 17.2 Å². The summed E-state index contributed by atoms with van der Waals surface area (Å²) < 4.78 is 135. The maximum absolute atomic E-state index is 9.09. The van der Waals surface area contributed by atoms with Crippen molar-refractivity contribution in [3.8, 4) is 51.1 Å². The smallest absolute Gasteiger partial charge is 0.269 e. The number of nitrogens with zero attached hydrogens (tertiary/aromatic N) is 6. The first-order valence-electron chi connectivity index (χ1n) is 27.5. The van der Waals surface area contributed by atoms with Crippen LogP contribution < -0.4 is 9.30 Å². The molecule has 7 heteroatoms. The molecule has 0 aliphatic heterocycles. The molecule has 7 nitrogen and oxygen atoms in total. The van der Waals surface area contributed by atoms with Crippen LogP contribution in [0.3, 0.4) is 0 Å². The van der Waals surface area contributed by atoms with Crippen LogP contribution in [0.1, 0.15) is 72.0 Å². The predicted octanol–water partition coefficient (Wildman–Crippen LogP) is 13.3. The van der Waals surface area contributed by atoms with Crippen molar-refractivity contribution in [1.82, 2.24) is 24.1 Å². The molecule has 0 saturated heterocycles. The van der Waals surface area contributed by atoms with Crippen LogP contribution in [0.4, 0.5) is 0 Å². The summed E-state index contributed by atoms with van der Waals surface area (Å²) in [6, 6.07) is 21.9. The Labute approximate surface area is 388 Å². The third-order valence-corrected chi connectivity index (χ3v) is 10.1. The van der Waals surface area contributed by atoms with E-state index in [1.54, 1.807) is 106 Å². The van der Waals surface area contributed by atoms with Crippen molar-refractivity contribution in [2.24, 2.45) is 10.8 Å². The number of pyridine rings is 3. The first-order valence-corrected chi connectivity index (χ1v) is 20.5. The fourth-order valence-electron chi connectivity index (χ4n) is 7.76. The van der Waals surface area contributed by atoms with E-state index >= 15 is 0 Å². The van der Waals surface area contributed by atoms with Crippen LogP contribution in [-0.2, 0) is 12.7 Å². The fourth-order valence-corrected chi connectivity index (χ4v) is 7.76. The number of aromatic nitrogens is 6. The quantitative estimate of drug-likeness (QED) is 0.107. The Kier molecular flexibility index (Phi) is 6.74. The molecule has 0 atom stereocenters. The van der Waals surface area contributed by atoms with Gasteiger partial charge in [0.05, 0.1) is 52.7 Å². The Morgan fingerprint density at radius 2 is 1.37 bits per heavy atom. The van der Waals surface area contributed by atoms with Crippen molar-refractivity contribution in [3.63, 3.8) is 0 Å². The maximum atomic E-state index is 9.09. The molecule has 0 radical (unpaired) electrons. The average molecular weight is 837 g/mol. The van der Waals surface area contributed by atoms with Gasteiger partial charge in [0.25, 0.3) is 6.33 Å². The summed E-state index contributed by atoms with van der Waals surface area (Å²) in [5.41, 5.74) is 2.36. The summed E-state index contributed by atoms with van der Waals surface area (Å²) in [6.07, 6.45) is 2.93. The number of rotatable bonds is 9. The van der Waals surface area contributed by atoms with Crippen LogP contribution >= 0.6 is 0 Å². The standard InChI is InChI=1S/C56H50N6O/c1-55(2,3)35-38-28-30-57-51(32-38)62-49-27-24-41(36-56(4,5)6)59-53(49)46-26-25-43(34-50(46)62)63-52-33-42(29-31-58-52)60-37-61(48-23-14-13-22-47(48)60)54-44(39-16-9-7-10-17-39)20-15-21-45(54)40-18-11-8-12-19-40/h7-34H,35-36H2,1-6H3/i7D,8D,9D,10D,11D,12D,16D,17D,18D,19D,35D2,36D2. The van der Waals surface area contributed by atoms with E-state index in [1.807, 2.05) is 58.2 Å². The van der Waals surface area contributed by atoms with Crippen LogP contribution in [0.2, 0.25) is 0 Å². The number of para-hydroxylation sites is 3. The zero-order chi connectivity index (χ0) is 55.6. The molecule has 0 saturated carbocycles. The molecule has 0 N–H and O–H groups in total. The summed E-state index contributed by atoms with van der Waals surface area (Å²) in [6.45, 7) is 11.0. The molecule has 0 spiro atoms. The highest BCUT2D eigenvalue weighted by Gasteiger charge is 2.22. The minimum absolute atomic E-state index is 0.108. The van der Waals surface area contributed by atoms with Crippen molar-refractivity contribution < 1.29 is 28.5 Å². The van der Waals surface area contributed by atoms with Gasteiger partial charge in [-0.3, -0.25) is 18.7 Å². The number of hydrogen-bond donors (Lipinski definition) is 0. The van der Waals surface area contributed by atoms with Gasteiger partial charge in [0, 0.05) is 41.1 Å². The van der Waals surface area contributed by atoms with Gasteiger partial charge in [-0.1, -0.05) is 144 Å². The van der Waals surface area contributed by atoms with Gasteiger partial charge in [0.2, 0.25) is 5.88 Å². The SMILES string of the molecule is [2H]c1c([2H])c([2H])c(-c2cccc(-c3c([2H])c([2H])c([2H])c([2H])c3[2H])c2-[n+]2[c-]n(-c3ccnc(Oc4ccc5c6nc(C([2H])([2H])C(C)(C)C)ccc6n(-c6cc(C([2H])([2H])C(C)(C)C)ccn6)c5c4)c3)c3ccccc32)c([2H])c1[2H]. The normalized spacial score (nSPS) is 15.7. The molecule has 5 aromatic heterocycles. The molecule has 0 bridgehead atoms. The summed E-state index contributed by atoms with van der Waals surface area (Å²) >= 11 is 0. The van der Waals surface area contributed by atoms with Gasteiger partial charge in [-0.05, 0) is 93.9 Å². The van der Waals surface area contributed by atoms with E-state index in [0.29, 0.717) is 55.8 Å². The Morgan fingerprint density at radius 3 is 2.08 bits per heavy atom. The van der Waals surface area contributed by atoms with Gasteiger partial charge in [0.1, 0.15) is 11.6 Å². The van der Waals surface area contributed by atoms with Gasteiger partial charge in [-0.25, -0.2) is 9.97 Å². The second-order valence-corrected chi connectivity index (χ2v) is 17.1. The van der Waals surface area contributed by atoms with E-state index in [1.165, 1.54) is 0 Å². The highest BCUT2D eigenvalue weighted by Crippen LogP contribution is 2.37. The van der Waals surface area contributed by atoms with Gasteiger partial charge in [0.15, 0.2) is 0 Å². The maximum Gasteiger partial charge on any atom is 0.269 e. The Balaban J connectivity index is 1.15. The number of benzene rings is 5. The third-order valence-electron chi connectivity index (χ3n) is 10.1. The molecule has 5 heterocycles. The second kappa shape index (κ2) is 15.8. The van der Waals surface area contributed by atoms with Crippen LogP contribution in [0.15, 0.2) is 170 Å². The summed E-state index contributed by atoms with van der Waals surface area (Å²) in [5.74, 6) is 0.913. The molecule has 0 amide bonds. The van der Waals surface area contributed by atoms with Crippen LogP contribution in [-0.4, -0.2) is 24.1 Å². The summed E-state index contributed by atoms with van der Waals surface area (Å²) in [5, 5.41) is 0.663. The fraction of sp³-hybridized carbons (Fsp3) is 0.179. The molecule has 0 aliphatic rings. The minimum Gasteiger partial charge on any atom is -0.440 e. The second-order valence-electron chi connectivity index (χ2n) is 17.1. The zero-order valence-electron chi connectivity index (χ0n) is 49.5. The minimum atomic E-state index is -1.81. The highest BCUT2D eigenvalue weighted by molar-refractivity contribution is 6.07. The van der Waals surface area contributed by atoms with E-state index in [-0.39, 0.29) is 39.5 Å². The van der Waals surface area contributed by atoms with Crippen LogP contribution in [0.25, 0.3) is 72.4 Å². The van der Waals surface area contributed by atoms with E-state index in [2.05, 4.69) is 11.3 Å². The molecular formula is C56H50N6O. The first kappa shape index (κ1) is 26.8. The lowest BCUT2D eigenvalue weighted by atomic mass is 9.88. The lowest BCUT2D eigenvalue weighted by Crippen LogP contribution is -2.31. The predicted molar refractivity (Wildman–Crippen MR) is 255 cm³/mol. The van der Waals surface area contributed by atoms with Crippen molar-refractivity contribution in [2.45, 2.75) is 54.3 Å². The third kappa shape index (κ3) is 7.99. The van der Waals surface area contributed by atoms with Gasteiger partial charge >= 0.3 is 0 Å². The average Bonchev–Trinajstić information content (AvgIpc) is 4.07. The van der Waals surface area contributed by atoms with Gasteiger partial charge < -0.3 is 4.74 Å². The Bertz CT molecular complexity index is 3940. The number of hydrogen-bond acceptors (Lipinski definition) is 4. The molecule has 0 unspecified atom stereocenters. The molecule has 10 rings (SSSR count). The van der Waals surface area contributed by atoms with Gasteiger partial charge in [-0.2, -0.15) is 0 Å². The largest absolute Gasteiger partial charge is 0.440 e. The first-order chi connectivity index (χ1) is 36.1. The molecule has 310 valence electrons. The number of fused-ring (bicyclic) bond motifs is 4. The number of ether oxygens (including phenoxy) is 1. The molecule has 63 heavy (non-hydrogen) atoms. The molecule has 0 fully saturated rings. The number of imidazole rings is 1. The van der Waals surface area contributed by atoms with Crippen molar-refractivity contribution >= 4 is 33.0 Å². The summed E-state index contributed by atoms with van der Waals surface area (Å²) in [7, 11) is 0. The zero-order valence-corrected chi connectivity index (χ0v) is 35.5. The van der Waals surface area contributed by atoms with E-state index in [4.69, 9.17) is 33.9 Å². The van der Waals surface area contributed by atoms with Gasteiger partial charge in [-0.15, -0.1) is 0 Å². The lowest BCUT2D eigenvalue weighted by Gasteiger charge is -2.19. The molecule has 10 aromatic rings. The molecular weight excluding hydrogens is 773 g/mol. The Hall–Kier alpha value is -7.38. The lowest BCUT2D eigenvalue weighted by molar-refractivity contribution is -0.571. The van der Waals surface area contributed by atoms with E-state index in [0.717, 1.165) is 0 Å². The summed E-state index contributed by atoms with van der Waals surface area (Å²) in [4.78, 5) is 14.2. The molecule has 5 aromatic carbocycles. The van der Waals surface area contributed by atoms with Crippen molar-refractivity contribution in [2.75, 3.05) is 0 Å². The molecule has 0 aliphatic carbocycles. The van der Waals surface area contributed by atoms with E-state index < -0.39 is 84.0 Å². The topological polar surface area (TPSA) is 61.6 Å². The Morgan fingerprint density at radius 1 is 0.667 bits per heavy atom.